The van der Waals surface area contributed by atoms with Crippen molar-refractivity contribution in [3.05, 3.63) is 34.4 Å². The van der Waals surface area contributed by atoms with Crippen molar-refractivity contribution in [1.82, 2.24) is 0 Å². The molecule has 0 saturated carbocycles. The van der Waals surface area contributed by atoms with Gasteiger partial charge in [0.1, 0.15) is 11.9 Å². The van der Waals surface area contributed by atoms with Crippen LogP contribution in [-0.4, -0.2) is 38.4 Å². The molecule has 2 saturated heterocycles. The van der Waals surface area contributed by atoms with Crippen molar-refractivity contribution >= 4 is 16.1 Å². The van der Waals surface area contributed by atoms with E-state index in [9.17, 15) is 18.5 Å². The molecule has 3 rings (SSSR count). The fourth-order valence-electron chi connectivity index (χ4n) is 2.80. The molecule has 0 aliphatic carbocycles. The number of hydrogen-bond donors (Lipinski definition) is 0. The van der Waals surface area contributed by atoms with Gasteiger partial charge < -0.3 is 13.7 Å². The van der Waals surface area contributed by atoms with Gasteiger partial charge >= 0.3 is 10.4 Å². The summed E-state index contributed by atoms with van der Waals surface area (Å²) in [7, 11) is -4.38. The number of non-ortho nitro benzene ring substituents is 1. The van der Waals surface area contributed by atoms with E-state index in [0.717, 1.165) is 12.1 Å². The van der Waals surface area contributed by atoms with Crippen LogP contribution in [0.1, 0.15) is 13.8 Å². The maximum Gasteiger partial charge on any atom is 0.449 e. The minimum absolute atomic E-state index is 0.0665. The zero-order chi connectivity index (χ0) is 17.5. The Kier molecular flexibility index (Phi) is 4.47. The van der Waals surface area contributed by atoms with Crippen LogP contribution in [0.25, 0.3) is 0 Å². The molecular formula is C14H17NO8S. The van der Waals surface area contributed by atoms with Gasteiger partial charge in [-0.25, -0.2) is 4.18 Å². The predicted octanol–water partition coefficient (Wildman–Crippen LogP) is 1.63. The quantitative estimate of drug-likeness (QED) is 0.575. The summed E-state index contributed by atoms with van der Waals surface area (Å²) >= 11 is 0. The molecule has 1 aromatic carbocycles. The molecule has 0 N–H and O–H groups in total. The molecule has 5 atom stereocenters. The number of fused-ring (bicyclic) bond motifs is 2. The first kappa shape index (κ1) is 17.1. The summed E-state index contributed by atoms with van der Waals surface area (Å²) in [4.78, 5) is 10.0. The van der Waals surface area contributed by atoms with Crippen LogP contribution in [0.2, 0.25) is 0 Å². The molecule has 132 valence electrons. The van der Waals surface area contributed by atoms with E-state index in [1.165, 1.54) is 12.1 Å². The van der Waals surface area contributed by atoms with Crippen LogP contribution in [0, 0.1) is 22.0 Å². The van der Waals surface area contributed by atoms with Crippen molar-refractivity contribution in [3.8, 4) is 5.75 Å². The van der Waals surface area contributed by atoms with Gasteiger partial charge in [-0.1, -0.05) is 13.8 Å². The van der Waals surface area contributed by atoms with Gasteiger partial charge in [-0.05, 0) is 24.0 Å². The van der Waals surface area contributed by atoms with E-state index < -0.39 is 27.7 Å². The Morgan fingerprint density at radius 1 is 1.21 bits per heavy atom. The first-order chi connectivity index (χ1) is 11.3. The van der Waals surface area contributed by atoms with E-state index in [1.807, 2.05) is 13.8 Å². The van der Waals surface area contributed by atoms with E-state index in [1.54, 1.807) is 0 Å². The number of benzene rings is 1. The van der Waals surface area contributed by atoms with Crippen LogP contribution < -0.4 is 4.18 Å². The summed E-state index contributed by atoms with van der Waals surface area (Å²) in [5, 5.41) is 10.6. The smallest absolute Gasteiger partial charge is 0.362 e. The Morgan fingerprint density at radius 3 is 2.50 bits per heavy atom. The topological polar surface area (TPSA) is 114 Å². The van der Waals surface area contributed by atoms with Gasteiger partial charge in [-0.2, -0.15) is 8.42 Å². The van der Waals surface area contributed by atoms with Crippen LogP contribution in [-0.2, 0) is 24.1 Å². The van der Waals surface area contributed by atoms with E-state index in [4.69, 9.17) is 17.8 Å². The van der Waals surface area contributed by atoms with Gasteiger partial charge in [-0.15, -0.1) is 0 Å². The molecule has 9 nitrogen and oxygen atoms in total. The molecule has 2 aliphatic rings. The molecule has 0 spiro atoms. The van der Waals surface area contributed by atoms with Gasteiger partial charge in [0.25, 0.3) is 5.69 Å². The van der Waals surface area contributed by atoms with E-state index in [2.05, 4.69) is 0 Å². The second-order valence-corrected chi connectivity index (χ2v) is 7.07. The fourth-order valence-corrected chi connectivity index (χ4v) is 3.73. The lowest BCUT2D eigenvalue weighted by atomic mass is 9.85. The molecule has 2 aliphatic heterocycles. The standard InChI is InChI=1S/C14H17NO8S/c1-8-9(2)13(14-20-7-12(8)21-14)23-24(18,19)22-11-5-3-10(4-6-11)15(16)17/h3-6,8-9,12-14H,7H2,1-2H3/t8-,9?,12?,13-,14+/m0/s1. The molecule has 2 bridgehead atoms. The van der Waals surface area contributed by atoms with E-state index >= 15 is 0 Å². The zero-order valence-electron chi connectivity index (χ0n) is 13.0. The minimum atomic E-state index is -4.38. The first-order valence-corrected chi connectivity index (χ1v) is 8.74. The van der Waals surface area contributed by atoms with Crippen molar-refractivity contribution in [1.29, 1.82) is 0 Å². The molecule has 2 heterocycles. The maximum absolute atomic E-state index is 12.1. The number of hydrogen-bond acceptors (Lipinski definition) is 8. The summed E-state index contributed by atoms with van der Waals surface area (Å²) < 4.78 is 45.2. The van der Waals surface area contributed by atoms with Crippen LogP contribution in [0.3, 0.4) is 0 Å². The monoisotopic (exact) mass is 359 g/mol. The highest BCUT2D eigenvalue weighted by Crippen LogP contribution is 2.38. The average Bonchev–Trinajstić information content (AvgIpc) is 2.97. The number of rotatable bonds is 5. The predicted molar refractivity (Wildman–Crippen MR) is 80.5 cm³/mol. The van der Waals surface area contributed by atoms with Gasteiger partial charge in [0.2, 0.25) is 0 Å². The Hall–Kier alpha value is -1.75. The van der Waals surface area contributed by atoms with Crippen LogP contribution in [0.15, 0.2) is 24.3 Å². The molecule has 10 heteroatoms. The summed E-state index contributed by atoms with van der Waals surface area (Å²) in [5.74, 6) is -0.113. The molecule has 0 radical (unpaired) electrons. The van der Waals surface area contributed by atoms with E-state index in [0.29, 0.717) is 6.61 Å². The summed E-state index contributed by atoms with van der Waals surface area (Å²) in [6, 6.07) is 4.66. The first-order valence-electron chi connectivity index (χ1n) is 7.41. The molecule has 2 unspecified atom stereocenters. The summed E-state index contributed by atoms with van der Waals surface area (Å²) in [6.07, 6.45) is -1.64. The van der Waals surface area contributed by atoms with Gasteiger partial charge in [0, 0.05) is 12.1 Å². The second-order valence-electron chi connectivity index (χ2n) is 5.90. The number of nitro groups is 1. The third kappa shape index (κ3) is 3.36. The van der Waals surface area contributed by atoms with Crippen LogP contribution in [0.4, 0.5) is 5.69 Å². The molecule has 2 fully saturated rings. The average molecular weight is 359 g/mol. The van der Waals surface area contributed by atoms with Crippen molar-refractivity contribution in [2.75, 3.05) is 6.61 Å². The fraction of sp³-hybridized carbons (Fsp3) is 0.571. The van der Waals surface area contributed by atoms with Crippen molar-refractivity contribution in [3.63, 3.8) is 0 Å². The Morgan fingerprint density at radius 2 is 1.88 bits per heavy atom. The number of nitrogens with zero attached hydrogens (tertiary/aromatic N) is 1. The zero-order valence-corrected chi connectivity index (χ0v) is 13.8. The van der Waals surface area contributed by atoms with Crippen molar-refractivity contribution in [2.24, 2.45) is 11.8 Å². The molecule has 24 heavy (non-hydrogen) atoms. The highest BCUT2D eigenvalue weighted by atomic mass is 32.3. The van der Waals surface area contributed by atoms with Gasteiger partial charge in [0.15, 0.2) is 6.29 Å². The Bertz CT molecular complexity index is 719. The lowest BCUT2D eigenvalue weighted by Crippen LogP contribution is -2.47. The lowest BCUT2D eigenvalue weighted by molar-refractivity contribution is -0.384. The summed E-state index contributed by atoms with van der Waals surface area (Å²) in [6.45, 7) is 4.22. The largest absolute Gasteiger partial charge is 0.449 e. The maximum atomic E-state index is 12.1. The number of nitro benzene ring substituents is 1. The summed E-state index contributed by atoms with van der Waals surface area (Å²) in [5.41, 5.74) is -0.172. The highest BCUT2D eigenvalue weighted by molar-refractivity contribution is 7.82. The Labute approximate surface area is 138 Å². The van der Waals surface area contributed by atoms with Crippen LogP contribution >= 0.6 is 0 Å². The molecule has 0 aromatic heterocycles. The minimum Gasteiger partial charge on any atom is -0.362 e. The molecular weight excluding hydrogens is 342 g/mol. The van der Waals surface area contributed by atoms with Crippen molar-refractivity contribution < 1.29 is 31.2 Å². The third-order valence-electron chi connectivity index (χ3n) is 4.41. The normalized spacial score (nSPS) is 32.5. The second kappa shape index (κ2) is 6.28. The van der Waals surface area contributed by atoms with Gasteiger partial charge in [-0.3, -0.25) is 10.1 Å². The Balaban J connectivity index is 1.70. The highest BCUT2D eigenvalue weighted by Gasteiger charge is 2.49. The third-order valence-corrected chi connectivity index (χ3v) is 5.27. The number of ether oxygens (including phenoxy) is 2. The van der Waals surface area contributed by atoms with E-state index in [-0.39, 0.29) is 29.4 Å². The van der Waals surface area contributed by atoms with Crippen LogP contribution in [0.5, 0.6) is 5.75 Å². The molecule has 1 aromatic rings. The SMILES string of the molecule is CC1[C@H](C)C2CO[C@H](O2)[C@H]1OS(=O)(=O)Oc1ccc([N+](=O)[O-])cc1. The lowest BCUT2D eigenvalue weighted by Gasteiger charge is -2.36. The van der Waals surface area contributed by atoms with Crippen molar-refractivity contribution in [2.45, 2.75) is 32.3 Å². The van der Waals surface area contributed by atoms with Gasteiger partial charge in [0.05, 0.1) is 17.6 Å². The molecule has 0 amide bonds.